The second-order valence-electron chi connectivity index (χ2n) is 5.53. The van der Waals surface area contributed by atoms with E-state index in [4.69, 9.17) is 4.74 Å². The summed E-state index contributed by atoms with van der Waals surface area (Å²) >= 11 is 0. The van der Waals surface area contributed by atoms with E-state index in [1.54, 1.807) is 23.0 Å². The fourth-order valence-corrected chi connectivity index (χ4v) is 2.36. The molecule has 0 aliphatic rings. The van der Waals surface area contributed by atoms with Gasteiger partial charge in [0.1, 0.15) is 0 Å². The summed E-state index contributed by atoms with van der Waals surface area (Å²) in [5, 5.41) is 15.3. The van der Waals surface area contributed by atoms with Crippen LogP contribution in [0.2, 0.25) is 0 Å². The summed E-state index contributed by atoms with van der Waals surface area (Å²) in [6.07, 6.45) is 6.08. The van der Waals surface area contributed by atoms with Crippen molar-refractivity contribution in [3.8, 4) is 11.7 Å². The first kappa shape index (κ1) is 17.9. The molecule has 2 heterocycles. The van der Waals surface area contributed by atoms with Crippen molar-refractivity contribution in [2.75, 3.05) is 13.2 Å². The lowest BCUT2D eigenvalue weighted by Crippen LogP contribution is -2.24. The molecule has 7 heteroatoms. The van der Waals surface area contributed by atoms with Crippen LogP contribution < -0.4 is 10.1 Å². The Hall–Kier alpha value is -2.44. The van der Waals surface area contributed by atoms with Gasteiger partial charge >= 0.3 is 0 Å². The van der Waals surface area contributed by atoms with E-state index in [0.29, 0.717) is 30.4 Å². The molecule has 0 bridgehead atoms. The molecule has 2 rings (SSSR count). The maximum atomic E-state index is 12.3. The molecular weight excluding hydrogens is 306 g/mol. The molecule has 0 saturated carbocycles. The Bertz CT molecular complexity index is 652. The summed E-state index contributed by atoms with van der Waals surface area (Å²) in [5.74, 6) is 0.920. The van der Waals surface area contributed by atoms with Gasteiger partial charge in [-0.25, -0.2) is 4.68 Å². The lowest BCUT2D eigenvalue weighted by atomic mass is 10.2. The average molecular weight is 331 g/mol. The third-order valence-corrected chi connectivity index (χ3v) is 3.71. The van der Waals surface area contributed by atoms with Gasteiger partial charge in [-0.3, -0.25) is 4.79 Å². The molecule has 7 nitrogen and oxygen atoms in total. The maximum absolute atomic E-state index is 12.3. The summed E-state index contributed by atoms with van der Waals surface area (Å²) in [6, 6.07) is 3.50. The molecule has 0 radical (unpaired) electrons. The largest absolute Gasteiger partial charge is 0.477 e. The number of hydrogen-bond acceptors (Lipinski definition) is 5. The van der Waals surface area contributed by atoms with Crippen LogP contribution in [0.15, 0.2) is 18.3 Å². The topological polar surface area (TPSA) is 81.9 Å². The van der Waals surface area contributed by atoms with Crippen LogP contribution in [0.5, 0.6) is 5.88 Å². The number of nitrogens with zero attached hydrogens (tertiary/aromatic N) is 4. The molecule has 24 heavy (non-hydrogen) atoms. The molecule has 0 fully saturated rings. The minimum Gasteiger partial charge on any atom is -0.477 e. The number of rotatable bonds is 9. The first-order valence-corrected chi connectivity index (χ1v) is 8.47. The van der Waals surface area contributed by atoms with E-state index in [1.807, 2.05) is 13.8 Å². The molecule has 0 aliphatic carbocycles. The monoisotopic (exact) mass is 331 g/mol. The number of amides is 1. The second-order valence-corrected chi connectivity index (χ2v) is 5.53. The van der Waals surface area contributed by atoms with Gasteiger partial charge in [0.05, 0.1) is 24.1 Å². The van der Waals surface area contributed by atoms with Crippen molar-refractivity contribution in [2.24, 2.45) is 0 Å². The van der Waals surface area contributed by atoms with Crippen molar-refractivity contribution in [3.05, 3.63) is 29.6 Å². The van der Waals surface area contributed by atoms with E-state index >= 15 is 0 Å². The van der Waals surface area contributed by atoms with Crippen molar-refractivity contribution < 1.29 is 9.53 Å². The number of nitrogens with one attached hydrogen (secondary N) is 1. The van der Waals surface area contributed by atoms with E-state index in [9.17, 15) is 4.79 Å². The molecule has 0 aromatic carbocycles. The van der Waals surface area contributed by atoms with Crippen LogP contribution in [0.4, 0.5) is 0 Å². The molecule has 2 aromatic rings. The van der Waals surface area contributed by atoms with E-state index in [1.165, 1.54) is 12.8 Å². The highest BCUT2D eigenvalue weighted by atomic mass is 16.5. The number of aromatic nitrogens is 4. The molecular formula is C17H25N5O2. The van der Waals surface area contributed by atoms with E-state index in [2.05, 4.69) is 27.5 Å². The number of hydrogen-bond donors (Lipinski definition) is 1. The summed E-state index contributed by atoms with van der Waals surface area (Å²) in [6.45, 7) is 7.13. The Morgan fingerprint density at radius 1 is 1.21 bits per heavy atom. The van der Waals surface area contributed by atoms with Crippen LogP contribution in [0, 0.1) is 6.92 Å². The van der Waals surface area contributed by atoms with E-state index in [0.717, 1.165) is 18.5 Å². The first-order chi connectivity index (χ1) is 11.7. The highest BCUT2D eigenvalue weighted by Crippen LogP contribution is 2.14. The quantitative estimate of drug-likeness (QED) is 0.714. The van der Waals surface area contributed by atoms with Crippen LogP contribution in [-0.2, 0) is 0 Å². The maximum Gasteiger partial charge on any atom is 0.254 e. The predicted molar refractivity (Wildman–Crippen MR) is 91.5 cm³/mol. The van der Waals surface area contributed by atoms with Crippen molar-refractivity contribution in [1.82, 2.24) is 25.3 Å². The average Bonchev–Trinajstić information content (AvgIpc) is 2.97. The lowest BCUT2D eigenvalue weighted by Gasteiger charge is -2.06. The lowest BCUT2D eigenvalue weighted by molar-refractivity contribution is 0.0952. The Morgan fingerprint density at radius 3 is 2.71 bits per heavy atom. The SMILES string of the molecule is CCCCCCNC(=O)c1cnn(-c2ccc(OCC)nn2)c1C. The minimum absolute atomic E-state index is 0.103. The van der Waals surface area contributed by atoms with Gasteiger partial charge in [0, 0.05) is 12.6 Å². The van der Waals surface area contributed by atoms with Gasteiger partial charge in [0.25, 0.3) is 5.91 Å². The Balaban J connectivity index is 2.00. The predicted octanol–water partition coefficient (Wildman–Crippen LogP) is 2.68. The Labute approximate surface area is 142 Å². The summed E-state index contributed by atoms with van der Waals surface area (Å²) in [4.78, 5) is 12.3. The van der Waals surface area contributed by atoms with Gasteiger partial charge < -0.3 is 10.1 Å². The molecule has 1 amide bonds. The Kier molecular flexibility index (Phi) is 6.72. The second kappa shape index (κ2) is 9.00. The highest BCUT2D eigenvalue weighted by molar-refractivity contribution is 5.95. The molecule has 1 N–H and O–H groups in total. The Morgan fingerprint density at radius 2 is 2.04 bits per heavy atom. The third-order valence-electron chi connectivity index (χ3n) is 3.71. The molecule has 0 atom stereocenters. The zero-order valence-corrected chi connectivity index (χ0v) is 14.6. The normalized spacial score (nSPS) is 10.6. The van der Waals surface area contributed by atoms with Crippen LogP contribution >= 0.6 is 0 Å². The molecule has 0 spiro atoms. The van der Waals surface area contributed by atoms with Crippen LogP contribution in [0.3, 0.4) is 0 Å². The number of carbonyl (C=O) groups is 1. The number of unbranched alkanes of at least 4 members (excludes halogenated alkanes) is 3. The van der Waals surface area contributed by atoms with Crippen LogP contribution in [0.25, 0.3) is 5.82 Å². The summed E-state index contributed by atoms with van der Waals surface area (Å²) in [7, 11) is 0. The summed E-state index contributed by atoms with van der Waals surface area (Å²) in [5.41, 5.74) is 1.29. The van der Waals surface area contributed by atoms with E-state index in [-0.39, 0.29) is 5.91 Å². The minimum atomic E-state index is -0.103. The van der Waals surface area contributed by atoms with Crippen molar-refractivity contribution in [1.29, 1.82) is 0 Å². The van der Waals surface area contributed by atoms with Crippen molar-refractivity contribution >= 4 is 5.91 Å². The number of ether oxygens (including phenoxy) is 1. The molecule has 0 unspecified atom stereocenters. The van der Waals surface area contributed by atoms with Gasteiger partial charge in [-0.05, 0) is 26.3 Å². The fraction of sp³-hybridized carbons (Fsp3) is 0.529. The van der Waals surface area contributed by atoms with Crippen molar-refractivity contribution in [3.63, 3.8) is 0 Å². The number of carbonyl (C=O) groups excluding carboxylic acids is 1. The van der Waals surface area contributed by atoms with Gasteiger partial charge in [-0.1, -0.05) is 26.2 Å². The third kappa shape index (κ3) is 4.53. The first-order valence-electron chi connectivity index (χ1n) is 8.47. The summed E-state index contributed by atoms with van der Waals surface area (Å²) < 4.78 is 6.88. The zero-order chi connectivity index (χ0) is 17.4. The molecule has 0 saturated heterocycles. The van der Waals surface area contributed by atoms with E-state index < -0.39 is 0 Å². The van der Waals surface area contributed by atoms with Gasteiger partial charge in [-0.15, -0.1) is 10.2 Å². The molecule has 130 valence electrons. The highest BCUT2D eigenvalue weighted by Gasteiger charge is 2.15. The zero-order valence-electron chi connectivity index (χ0n) is 14.6. The van der Waals surface area contributed by atoms with Gasteiger partial charge in [-0.2, -0.15) is 5.10 Å². The van der Waals surface area contributed by atoms with Crippen LogP contribution in [-0.4, -0.2) is 39.0 Å². The molecule has 0 aliphatic heterocycles. The van der Waals surface area contributed by atoms with Crippen LogP contribution in [0.1, 0.15) is 55.6 Å². The fourth-order valence-electron chi connectivity index (χ4n) is 2.36. The molecule has 2 aromatic heterocycles. The van der Waals surface area contributed by atoms with Gasteiger partial charge in [0.2, 0.25) is 5.88 Å². The smallest absolute Gasteiger partial charge is 0.254 e. The standard InChI is InChI=1S/C17H25N5O2/c1-4-6-7-8-11-18-17(23)14-12-19-22(13(14)3)15-9-10-16(21-20-15)24-5-2/h9-10,12H,4-8,11H2,1-3H3,(H,18,23). The van der Waals surface area contributed by atoms with Gasteiger partial charge in [0.15, 0.2) is 5.82 Å². The van der Waals surface area contributed by atoms with Crippen molar-refractivity contribution in [2.45, 2.75) is 46.5 Å².